The van der Waals surface area contributed by atoms with Gasteiger partial charge in [-0.3, -0.25) is 24.0 Å². The number of pyridine rings is 1. The summed E-state index contributed by atoms with van der Waals surface area (Å²) in [5.74, 6) is -4.71. The molecular formula is C40H51F4N5O10S. The zero-order valence-electron chi connectivity index (χ0n) is 34.2. The molecule has 4 amide bonds. The summed E-state index contributed by atoms with van der Waals surface area (Å²) in [6.07, 6.45) is -5.04. The van der Waals surface area contributed by atoms with Crippen LogP contribution >= 0.6 is 0 Å². The third-order valence-corrected chi connectivity index (χ3v) is 14.3. The van der Waals surface area contributed by atoms with E-state index in [0.717, 1.165) is 11.0 Å². The highest BCUT2D eigenvalue weighted by atomic mass is 32.2. The van der Waals surface area contributed by atoms with Gasteiger partial charge >= 0.3 is 12.3 Å². The minimum absolute atomic E-state index is 0.0114. The molecule has 6 rings (SSSR count). The molecule has 1 aromatic carbocycles. The van der Waals surface area contributed by atoms with E-state index in [9.17, 15) is 41.1 Å². The number of carboxylic acid groups (broad SMARTS) is 1. The summed E-state index contributed by atoms with van der Waals surface area (Å²) < 4.78 is 105. The first kappa shape index (κ1) is 44.8. The lowest BCUT2D eigenvalue weighted by Gasteiger charge is -2.45. The van der Waals surface area contributed by atoms with Crippen molar-refractivity contribution in [2.24, 2.45) is 5.92 Å². The monoisotopic (exact) mass is 869 g/mol. The summed E-state index contributed by atoms with van der Waals surface area (Å²) in [7, 11) is -4.16. The van der Waals surface area contributed by atoms with E-state index in [0.29, 0.717) is 38.5 Å². The van der Waals surface area contributed by atoms with Crippen LogP contribution in [0.25, 0.3) is 10.8 Å². The van der Waals surface area contributed by atoms with E-state index in [1.165, 1.54) is 26.1 Å². The number of carbonyl (C=O) groups is 4. The highest BCUT2D eigenvalue weighted by Crippen LogP contribution is 2.48. The number of halogens is 4. The molecule has 0 bridgehead atoms. The topological polar surface area (TPSA) is 194 Å². The third-order valence-electron chi connectivity index (χ3n) is 12.1. The van der Waals surface area contributed by atoms with Crippen molar-refractivity contribution in [3.05, 3.63) is 42.4 Å². The Balaban J connectivity index is 1.44. The Kier molecular flexibility index (Phi) is 12.2. The van der Waals surface area contributed by atoms with E-state index >= 15 is 9.18 Å². The number of allylic oxidation sites excluding steroid dienone is 1. The number of hydrogen-bond acceptors (Lipinski definition) is 10. The molecular weight excluding hydrogens is 819 g/mol. The molecule has 7 atom stereocenters. The van der Waals surface area contributed by atoms with Gasteiger partial charge in [0.05, 0.1) is 30.1 Å². The van der Waals surface area contributed by atoms with E-state index < -0.39 is 105 Å². The van der Waals surface area contributed by atoms with E-state index in [1.807, 2.05) is 0 Å². The first-order valence-electron chi connectivity index (χ1n) is 20.0. The predicted octanol–water partition coefficient (Wildman–Crippen LogP) is 5.22. The van der Waals surface area contributed by atoms with E-state index in [2.05, 4.69) is 15.0 Å². The van der Waals surface area contributed by atoms with Gasteiger partial charge in [-0.05, 0) is 96.7 Å². The molecule has 3 fully saturated rings. The second-order valence-corrected chi connectivity index (χ2v) is 18.9. The summed E-state index contributed by atoms with van der Waals surface area (Å²) in [5, 5.41) is 13.8. The molecule has 0 radical (unpaired) electrons. The summed E-state index contributed by atoms with van der Waals surface area (Å²) in [6, 6.07) is 0.399. The molecule has 4 aliphatic rings. The van der Waals surface area contributed by atoms with Crippen molar-refractivity contribution < 1.29 is 64.5 Å². The average Bonchev–Trinajstić information content (AvgIpc) is 4.04. The number of aromatic nitrogens is 1. The van der Waals surface area contributed by atoms with Crippen molar-refractivity contribution in [3.63, 3.8) is 0 Å². The zero-order valence-corrected chi connectivity index (χ0v) is 35.0. The van der Waals surface area contributed by atoms with Gasteiger partial charge in [-0.25, -0.2) is 22.6 Å². The Morgan fingerprint density at radius 2 is 1.88 bits per heavy atom. The first-order chi connectivity index (χ1) is 28.0. The number of ether oxygens (including phenoxy) is 3. The molecule has 1 saturated heterocycles. The molecule has 1 aromatic heterocycles. The van der Waals surface area contributed by atoms with Gasteiger partial charge in [0, 0.05) is 23.9 Å². The summed E-state index contributed by atoms with van der Waals surface area (Å²) in [6.45, 7) is 7.27. The van der Waals surface area contributed by atoms with Crippen molar-refractivity contribution in [2.75, 3.05) is 13.2 Å². The van der Waals surface area contributed by atoms with Crippen LogP contribution in [0.5, 0.6) is 11.6 Å². The molecule has 330 valence electrons. The molecule has 0 spiro atoms. The fourth-order valence-corrected chi connectivity index (χ4v) is 9.22. The van der Waals surface area contributed by atoms with Crippen LogP contribution in [0.15, 0.2) is 36.5 Å². The molecule has 0 unspecified atom stereocenters. The highest BCUT2D eigenvalue weighted by Gasteiger charge is 2.64. The van der Waals surface area contributed by atoms with E-state index in [1.54, 1.807) is 32.1 Å². The third kappa shape index (κ3) is 8.45. The standard InChI is InChI=1S/C40H51F4N5O10S/c1-7-29-31(49(36(53)54)37(4,5)40(42,43)44)34(51)48-21-25(59-33-26-19-27(41)30(57-8-2)17-23(26)13-16-45-33)18-28(48)32(50)46-39(20-24(39)12-10-9-11-22(3)58-29)35(52)47-60(55,56)38(6)14-15-38/h10,12-13,16-17,19,22,24-25,28-29,31H,7-9,11,14-15,18,20-21H2,1-6H3,(H,46,50)(H,47,52)(H,53,54)/b12-10-/t22-,24-,25-,28+,29+,31+,39-/m1/s1. The number of fused-ring (bicyclic) bond motifs is 3. The van der Waals surface area contributed by atoms with Crippen molar-refractivity contribution in [2.45, 2.75) is 139 Å². The number of sulfonamides is 1. The van der Waals surface area contributed by atoms with Gasteiger partial charge in [0.2, 0.25) is 27.7 Å². The maximum Gasteiger partial charge on any atom is 0.411 e. The van der Waals surface area contributed by atoms with Crippen LogP contribution in [-0.4, -0.2) is 118 Å². The first-order valence-corrected chi connectivity index (χ1v) is 21.5. The molecule has 2 aromatic rings. The molecule has 2 saturated carbocycles. The second kappa shape index (κ2) is 16.3. The number of amides is 4. The van der Waals surface area contributed by atoms with Crippen molar-refractivity contribution >= 4 is 44.6 Å². The number of rotatable bonds is 10. The lowest BCUT2D eigenvalue weighted by Crippen LogP contribution is -2.68. The van der Waals surface area contributed by atoms with Crippen molar-refractivity contribution in [3.8, 4) is 11.6 Å². The Hall–Kier alpha value is -4.72. The molecule has 20 heteroatoms. The number of nitrogens with one attached hydrogen (secondary N) is 2. The lowest BCUT2D eigenvalue weighted by atomic mass is 9.95. The molecule has 3 heterocycles. The maximum atomic E-state index is 15.1. The number of alkyl halides is 3. The second-order valence-electron chi connectivity index (χ2n) is 16.7. The minimum atomic E-state index is -5.18. The van der Waals surface area contributed by atoms with Gasteiger partial charge in [-0.2, -0.15) is 13.2 Å². The van der Waals surface area contributed by atoms with Crippen LogP contribution in [0.4, 0.5) is 22.4 Å². The van der Waals surface area contributed by atoms with Crippen molar-refractivity contribution in [1.29, 1.82) is 0 Å². The Bertz CT molecular complexity index is 2170. The highest BCUT2D eigenvalue weighted by molar-refractivity contribution is 7.91. The number of hydrogen-bond donors (Lipinski definition) is 3. The van der Waals surface area contributed by atoms with Crippen LogP contribution in [0.2, 0.25) is 0 Å². The summed E-state index contributed by atoms with van der Waals surface area (Å²) >= 11 is 0. The Labute approximate surface area is 345 Å². The Morgan fingerprint density at radius 1 is 1.18 bits per heavy atom. The van der Waals surface area contributed by atoms with Gasteiger partial charge in [0.1, 0.15) is 29.3 Å². The van der Waals surface area contributed by atoms with Crippen LogP contribution in [0, 0.1) is 11.7 Å². The molecule has 3 N–H and O–H groups in total. The van der Waals surface area contributed by atoms with E-state index in [-0.39, 0.29) is 54.2 Å². The zero-order chi connectivity index (χ0) is 44.2. The van der Waals surface area contributed by atoms with Crippen LogP contribution in [0.1, 0.15) is 86.5 Å². The quantitative estimate of drug-likeness (QED) is 0.210. The van der Waals surface area contributed by atoms with Crippen LogP contribution in [-0.2, 0) is 29.1 Å². The van der Waals surface area contributed by atoms with E-state index in [4.69, 9.17) is 14.2 Å². The van der Waals surface area contributed by atoms with Crippen molar-refractivity contribution in [1.82, 2.24) is 24.8 Å². The summed E-state index contributed by atoms with van der Waals surface area (Å²) in [5.41, 5.74) is -4.94. The van der Waals surface area contributed by atoms with Crippen LogP contribution < -0.4 is 19.5 Å². The van der Waals surface area contributed by atoms with Gasteiger partial charge < -0.3 is 29.5 Å². The smallest absolute Gasteiger partial charge is 0.411 e. The lowest BCUT2D eigenvalue weighted by molar-refractivity contribution is -0.226. The summed E-state index contributed by atoms with van der Waals surface area (Å²) in [4.78, 5) is 61.7. The SMILES string of the molecule is CCOc1cc2ccnc(O[C@@H]3C[C@H]4C(=O)N[C@]5(C(=O)NS(=O)(=O)C6(C)CC6)C[C@H]5/C=C\CC[C@@H](C)O[C@@H](CC)[C@H](N(C(=O)O)C(C)(C)C(F)(F)F)C(=O)N4C3)c2cc1F. The fraction of sp³-hybridized carbons (Fsp3) is 0.625. The number of carbonyl (C=O) groups excluding carboxylic acids is 3. The maximum absolute atomic E-state index is 15.1. The normalized spacial score (nSPS) is 28.9. The molecule has 2 aliphatic heterocycles. The van der Waals surface area contributed by atoms with Crippen LogP contribution in [0.3, 0.4) is 0 Å². The largest absolute Gasteiger partial charge is 0.491 e. The van der Waals surface area contributed by atoms with Gasteiger partial charge in [0.25, 0.3) is 5.91 Å². The Morgan fingerprint density at radius 3 is 2.50 bits per heavy atom. The van der Waals surface area contributed by atoms with Gasteiger partial charge in [-0.1, -0.05) is 19.1 Å². The minimum Gasteiger partial charge on any atom is -0.491 e. The predicted molar refractivity (Wildman–Crippen MR) is 208 cm³/mol. The van der Waals surface area contributed by atoms with Gasteiger partial charge in [-0.15, -0.1) is 0 Å². The molecule has 15 nitrogen and oxygen atoms in total. The molecule has 60 heavy (non-hydrogen) atoms. The van der Waals surface area contributed by atoms with Gasteiger partial charge in [0.15, 0.2) is 11.6 Å². The fourth-order valence-electron chi connectivity index (χ4n) is 7.91. The number of benzene rings is 1. The number of nitrogens with zero attached hydrogens (tertiary/aromatic N) is 3. The molecule has 2 aliphatic carbocycles. The average molecular weight is 870 g/mol.